The molecule has 0 amide bonds. The zero-order valence-corrected chi connectivity index (χ0v) is 14.5. The summed E-state index contributed by atoms with van der Waals surface area (Å²) >= 11 is 0. The lowest BCUT2D eigenvalue weighted by atomic mass is 10.1. The smallest absolute Gasteiger partial charge is 0.418 e. The molecule has 0 aromatic heterocycles. The van der Waals surface area contributed by atoms with E-state index in [0.717, 1.165) is 35.1 Å². The SMILES string of the molecule is CCc1ccc(OC(=O)C(=O)Oc2ccc(CC)cc2C)c(C)c1. The van der Waals surface area contributed by atoms with Gasteiger partial charge < -0.3 is 9.47 Å². The highest BCUT2D eigenvalue weighted by atomic mass is 16.6. The van der Waals surface area contributed by atoms with Gasteiger partial charge in [-0.2, -0.15) is 0 Å². The highest BCUT2D eigenvalue weighted by Gasteiger charge is 2.21. The summed E-state index contributed by atoms with van der Waals surface area (Å²) in [5.41, 5.74) is 3.89. The minimum atomic E-state index is -1.03. The van der Waals surface area contributed by atoms with E-state index in [1.54, 1.807) is 12.1 Å². The van der Waals surface area contributed by atoms with E-state index in [4.69, 9.17) is 9.47 Å². The number of carbonyl (C=O) groups excluding carboxylic acids is 2. The first-order valence-corrected chi connectivity index (χ1v) is 8.07. The van der Waals surface area contributed by atoms with E-state index >= 15 is 0 Å². The van der Waals surface area contributed by atoms with Gasteiger partial charge in [0.25, 0.3) is 0 Å². The van der Waals surface area contributed by atoms with Gasteiger partial charge in [0.15, 0.2) is 0 Å². The van der Waals surface area contributed by atoms with Crippen molar-refractivity contribution in [1.82, 2.24) is 0 Å². The van der Waals surface area contributed by atoms with Crippen molar-refractivity contribution in [3.8, 4) is 11.5 Å². The lowest BCUT2D eigenvalue weighted by Crippen LogP contribution is -2.26. The number of aryl methyl sites for hydroxylation is 4. The van der Waals surface area contributed by atoms with Crippen LogP contribution in [0.25, 0.3) is 0 Å². The normalized spacial score (nSPS) is 10.3. The third kappa shape index (κ3) is 4.22. The number of benzene rings is 2. The van der Waals surface area contributed by atoms with Gasteiger partial charge in [-0.3, -0.25) is 0 Å². The van der Waals surface area contributed by atoms with Gasteiger partial charge in [-0.25, -0.2) is 9.59 Å². The first-order valence-electron chi connectivity index (χ1n) is 8.07. The summed E-state index contributed by atoms with van der Waals surface area (Å²) in [5.74, 6) is -1.32. The molecule has 0 radical (unpaired) electrons. The Bertz CT molecular complexity index is 697. The van der Waals surface area contributed by atoms with Crippen LogP contribution in [0, 0.1) is 13.8 Å². The summed E-state index contributed by atoms with van der Waals surface area (Å²) < 4.78 is 10.3. The molecular formula is C20H22O4. The van der Waals surface area contributed by atoms with Crippen LogP contribution in [0.4, 0.5) is 0 Å². The van der Waals surface area contributed by atoms with E-state index in [-0.39, 0.29) is 0 Å². The van der Waals surface area contributed by atoms with Gasteiger partial charge in [-0.05, 0) is 61.1 Å². The van der Waals surface area contributed by atoms with Crippen molar-refractivity contribution in [2.45, 2.75) is 40.5 Å². The molecule has 24 heavy (non-hydrogen) atoms. The molecule has 0 saturated heterocycles. The molecule has 4 heteroatoms. The summed E-state index contributed by atoms with van der Waals surface area (Å²) in [6.45, 7) is 7.76. The van der Waals surface area contributed by atoms with Crippen LogP contribution in [0.2, 0.25) is 0 Å². The Morgan fingerprint density at radius 3 is 1.42 bits per heavy atom. The maximum Gasteiger partial charge on any atom is 0.423 e. The first-order chi connectivity index (χ1) is 11.4. The number of carbonyl (C=O) groups is 2. The Labute approximate surface area is 142 Å². The zero-order chi connectivity index (χ0) is 17.7. The number of esters is 2. The Morgan fingerprint density at radius 1 is 0.750 bits per heavy atom. The Kier molecular flexibility index (Phi) is 5.74. The summed E-state index contributed by atoms with van der Waals surface area (Å²) in [4.78, 5) is 23.9. The Morgan fingerprint density at radius 2 is 1.12 bits per heavy atom. The molecule has 2 rings (SSSR count). The lowest BCUT2D eigenvalue weighted by Gasteiger charge is -2.10. The first kappa shape index (κ1) is 17.7. The maximum absolute atomic E-state index is 12.0. The molecule has 0 fully saturated rings. The van der Waals surface area contributed by atoms with Gasteiger partial charge in [0.1, 0.15) is 11.5 Å². The summed E-state index contributed by atoms with van der Waals surface area (Å²) in [7, 11) is 0. The molecule has 0 spiro atoms. The number of ether oxygens (including phenoxy) is 2. The molecule has 0 aliphatic carbocycles. The third-order valence-corrected chi connectivity index (χ3v) is 3.87. The average molecular weight is 326 g/mol. The highest BCUT2D eigenvalue weighted by Crippen LogP contribution is 2.22. The van der Waals surface area contributed by atoms with Gasteiger partial charge in [-0.15, -0.1) is 0 Å². The van der Waals surface area contributed by atoms with Crippen LogP contribution < -0.4 is 9.47 Å². The van der Waals surface area contributed by atoms with Gasteiger partial charge in [0.2, 0.25) is 0 Å². The Hall–Kier alpha value is -2.62. The summed E-state index contributed by atoms with van der Waals surface area (Å²) in [5, 5.41) is 0. The summed E-state index contributed by atoms with van der Waals surface area (Å²) in [6.07, 6.45) is 1.79. The molecule has 0 bridgehead atoms. The minimum absolute atomic E-state index is 0.368. The molecule has 0 atom stereocenters. The van der Waals surface area contributed by atoms with E-state index in [0.29, 0.717) is 11.5 Å². The second-order valence-corrected chi connectivity index (χ2v) is 5.69. The third-order valence-electron chi connectivity index (χ3n) is 3.87. The van der Waals surface area contributed by atoms with Crippen molar-refractivity contribution in [2.24, 2.45) is 0 Å². The molecule has 0 aliphatic heterocycles. The predicted octanol–water partition coefficient (Wildman–Crippen LogP) is 3.94. The molecule has 0 heterocycles. The van der Waals surface area contributed by atoms with Gasteiger partial charge in [0, 0.05) is 0 Å². The number of rotatable bonds is 4. The van der Waals surface area contributed by atoms with E-state index in [1.165, 1.54) is 0 Å². The van der Waals surface area contributed by atoms with Crippen LogP contribution >= 0.6 is 0 Å². The van der Waals surface area contributed by atoms with Crippen LogP contribution in [0.3, 0.4) is 0 Å². The van der Waals surface area contributed by atoms with Gasteiger partial charge in [0.05, 0.1) is 0 Å². The highest BCUT2D eigenvalue weighted by molar-refractivity contribution is 6.31. The Balaban J connectivity index is 2.06. The molecule has 0 N–H and O–H groups in total. The van der Waals surface area contributed by atoms with E-state index in [2.05, 4.69) is 0 Å². The lowest BCUT2D eigenvalue weighted by molar-refractivity contribution is -0.156. The zero-order valence-electron chi connectivity index (χ0n) is 14.5. The van der Waals surface area contributed by atoms with Gasteiger partial charge >= 0.3 is 11.9 Å². The number of hydrogen-bond donors (Lipinski definition) is 0. The van der Waals surface area contributed by atoms with Crippen LogP contribution in [0.1, 0.15) is 36.1 Å². The van der Waals surface area contributed by atoms with Crippen molar-refractivity contribution < 1.29 is 19.1 Å². The van der Waals surface area contributed by atoms with Crippen molar-refractivity contribution in [3.63, 3.8) is 0 Å². The topological polar surface area (TPSA) is 52.6 Å². The predicted molar refractivity (Wildman–Crippen MR) is 92.4 cm³/mol. The van der Waals surface area contributed by atoms with Crippen molar-refractivity contribution in [3.05, 3.63) is 58.7 Å². The fraction of sp³-hybridized carbons (Fsp3) is 0.300. The van der Waals surface area contributed by atoms with Crippen molar-refractivity contribution in [1.29, 1.82) is 0 Å². The second-order valence-electron chi connectivity index (χ2n) is 5.69. The minimum Gasteiger partial charge on any atom is -0.418 e. The van der Waals surface area contributed by atoms with Crippen LogP contribution in [-0.4, -0.2) is 11.9 Å². The molecule has 0 aliphatic rings. The number of hydrogen-bond acceptors (Lipinski definition) is 4. The van der Waals surface area contributed by atoms with Gasteiger partial charge in [-0.1, -0.05) is 38.1 Å². The molecule has 0 saturated carbocycles. The molecule has 2 aromatic rings. The molecule has 4 nitrogen and oxygen atoms in total. The van der Waals surface area contributed by atoms with Crippen LogP contribution in [0.15, 0.2) is 36.4 Å². The second kappa shape index (κ2) is 7.77. The maximum atomic E-state index is 12.0. The van der Waals surface area contributed by atoms with Crippen LogP contribution in [0.5, 0.6) is 11.5 Å². The monoisotopic (exact) mass is 326 g/mol. The molecule has 2 aromatic carbocycles. The molecular weight excluding hydrogens is 304 g/mol. The van der Waals surface area contributed by atoms with Crippen molar-refractivity contribution >= 4 is 11.9 Å². The quantitative estimate of drug-likeness (QED) is 0.485. The van der Waals surface area contributed by atoms with E-state index < -0.39 is 11.9 Å². The van der Waals surface area contributed by atoms with E-state index in [9.17, 15) is 9.59 Å². The van der Waals surface area contributed by atoms with Crippen LogP contribution in [-0.2, 0) is 22.4 Å². The largest absolute Gasteiger partial charge is 0.423 e. The molecule has 126 valence electrons. The van der Waals surface area contributed by atoms with Crippen molar-refractivity contribution in [2.75, 3.05) is 0 Å². The molecule has 0 unspecified atom stereocenters. The van der Waals surface area contributed by atoms with E-state index in [1.807, 2.05) is 52.0 Å². The fourth-order valence-corrected chi connectivity index (χ4v) is 2.37. The average Bonchev–Trinajstić information content (AvgIpc) is 2.58. The summed E-state index contributed by atoms with van der Waals surface area (Å²) in [6, 6.07) is 11.0. The fourth-order valence-electron chi connectivity index (χ4n) is 2.37. The standard InChI is InChI=1S/C20H22O4/c1-5-15-7-9-17(13(3)11-15)23-19(21)20(22)24-18-10-8-16(6-2)12-14(18)4/h7-12H,5-6H2,1-4H3.